The van der Waals surface area contributed by atoms with Gasteiger partial charge in [-0.1, -0.05) is 13.5 Å². The standard InChI is InChI=1S/C28H46N2O14/c1-3-23(33)39-17-19-41-25(35)5-9-29(13-15-31)11-7-27(37)43-21-22-44-28(38)8-12-30(14-16-32)10-6-26(36)42-20-18-40-24(34)4-2/h3,31-32H,1,4-22H2,2H3. The highest BCUT2D eigenvalue weighted by Gasteiger charge is 2.14. The second-order valence-electron chi connectivity index (χ2n) is 8.96. The van der Waals surface area contributed by atoms with E-state index in [-0.39, 0.29) is 130 Å². The van der Waals surface area contributed by atoms with Crippen molar-refractivity contribution in [2.45, 2.75) is 39.0 Å². The van der Waals surface area contributed by atoms with Gasteiger partial charge in [-0.15, -0.1) is 0 Å². The molecule has 0 aliphatic carbocycles. The van der Waals surface area contributed by atoms with Gasteiger partial charge in [-0.25, -0.2) is 4.79 Å². The van der Waals surface area contributed by atoms with Gasteiger partial charge >= 0.3 is 35.8 Å². The maximum atomic E-state index is 12.1. The van der Waals surface area contributed by atoms with Crippen molar-refractivity contribution in [3.63, 3.8) is 0 Å². The van der Waals surface area contributed by atoms with Crippen LogP contribution in [0.4, 0.5) is 0 Å². The summed E-state index contributed by atoms with van der Waals surface area (Å²) in [5.41, 5.74) is 0. The molecule has 0 bridgehead atoms. The first-order valence-corrected chi connectivity index (χ1v) is 14.4. The SMILES string of the molecule is C=CC(=O)OCCOC(=O)CCN(CCO)CCC(=O)OCCOC(=O)CCN(CCO)CCC(=O)OCCOC(=O)CC. The van der Waals surface area contributed by atoms with Gasteiger partial charge in [-0.3, -0.25) is 33.8 Å². The highest BCUT2D eigenvalue weighted by molar-refractivity contribution is 5.81. The summed E-state index contributed by atoms with van der Waals surface area (Å²) in [5, 5.41) is 18.5. The molecule has 16 nitrogen and oxygen atoms in total. The van der Waals surface area contributed by atoms with Crippen molar-refractivity contribution in [1.82, 2.24) is 9.80 Å². The van der Waals surface area contributed by atoms with Gasteiger partial charge in [0.15, 0.2) is 0 Å². The quantitative estimate of drug-likeness (QED) is 0.0481. The maximum Gasteiger partial charge on any atom is 0.330 e. The lowest BCUT2D eigenvalue weighted by Crippen LogP contribution is -2.32. The molecule has 0 saturated carbocycles. The lowest BCUT2D eigenvalue weighted by atomic mass is 10.3. The Bertz CT molecular complexity index is 882. The van der Waals surface area contributed by atoms with Crippen LogP contribution in [0.5, 0.6) is 0 Å². The van der Waals surface area contributed by atoms with Crippen molar-refractivity contribution >= 4 is 35.8 Å². The van der Waals surface area contributed by atoms with Crippen LogP contribution < -0.4 is 0 Å². The van der Waals surface area contributed by atoms with Crippen LogP contribution in [0.2, 0.25) is 0 Å². The van der Waals surface area contributed by atoms with Gasteiger partial charge in [-0.2, -0.15) is 0 Å². The number of aliphatic hydroxyl groups is 2. The molecule has 0 saturated heterocycles. The van der Waals surface area contributed by atoms with Gasteiger partial charge in [0.05, 0.1) is 38.9 Å². The number of nitrogens with zero attached hydrogens (tertiary/aromatic N) is 2. The van der Waals surface area contributed by atoms with E-state index >= 15 is 0 Å². The Morgan fingerprint density at radius 3 is 1.09 bits per heavy atom. The summed E-state index contributed by atoms with van der Waals surface area (Å²) in [5.74, 6) is -3.16. The fourth-order valence-electron chi connectivity index (χ4n) is 3.32. The monoisotopic (exact) mass is 634 g/mol. The predicted molar refractivity (Wildman–Crippen MR) is 152 cm³/mol. The Morgan fingerprint density at radius 1 is 0.523 bits per heavy atom. The average molecular weight is 635 g/mol. The third-order valence-electron chi connectivity index (χ3n) is 5.63. The molecule has 0 aliphatic heterocycles. The number of esters is 6. The van der Waals surface area contributed by atoms with Gasteiger partial charge in [0.25, 0.3) is 0 Å². The molecule has 44 heavy (non-hydrogen) atoms. The lowest BCUT2D eigenvalue weighted by molar-refractivity contribution is -0.153. The van der Waals surface area contributed by atoms with Gasteiger partial charge in [0, 0.05) is 51.8 Å². The predicted octanol–water partition coefficient (Wildman–Crippen LogP) is -1.01. The van der Waals surface area contributed by atoms with Crippen molar-refractivity contribution < 1.29 is 67.4 Å². The maximum absolute atomic E-state index is 12.1. The zero-order valence-electron chi connectivity index (χ0n) is 25.4. The fraction of sp³-hybridized carbons (Fsp3) is 0.714. The topological polar surface area (TPSA) is 205 Å². The highest BCUT2D eigenvalue weighted by Crippen LogP contribution is 2.00. The third kappa shape index (κ3) is 23.9. The molecule has 0 aliphatic rings. The molecular weight excluding hydrogens is 588 g/mol. The Labute approximate surface area is 257 Å². The first kappa shape index (κ1) is 40.4. The molecule has 0 aromatic rings. The summed E-state index contributed by atoms with van der Waals surface area (Å²) in [7, 11) is 0. The Kier molecular flexibility index (Phi) is 24.8. The molecule has 0 aromatic heterocycles. The largest absolute Gasteiger partial charge is 0.462 e. The van der Waals surface area contributed by atoms with Crippen molar-refractivity contribution in [1.29, 1.82) is 0 Å². The number of ether oxygens (including phenoxy) is 6. The molecule has 0 amide bonds. The Morgan fingerprint density at radius 2 is 0.818 bits per heavy atom. The number of hydrogen-bond acceptors (Lipinski definition) is 16. The minimum absolute atomic E-state index is 0.00204. The highest BCUT2D eigenvalue weighted by atomic mass is 16.6. The van der Waals surface area contributed by atoms with E-state index in [2.05, 4.69) is 6.58 Å². The minimum Gasteiger partial charge on any atom is -0.462 e. The van der Waals surface area contributed by atoms with Gasteiger partial charge in [-0.05, 0) is 0 Å². The Balaban J connectivity index is 4.13. The summed E-state index contributed by atoms with van der Waals surface area (Å²) in [6.45, 7) is 5.28. The summed E-state index contributed by atoms with van der Waals surface area (Å²) < 4.78 is 29.6. The molecular formula is C28H46N2O14. The van der Waals surface area contributed by atoms with Crippen LogP contribution in [0.3, 0.4) is 0 Å². The third-order valence-corrected chi connectivity index (χ3v) is 5.63. The molecule has 0 radical (unpaired) electrons. The van der Waals surface area contributed by atoms with E-state index in [9.17, 15) is 39.0 Å². The van der Waals surface area contributed by atoms with Gasteiger partial charge in [0.2, 0.25) is 0 Å². The number of aliphatic hydroxyl groups excluding tert-OH is 2. The van der Waals surface area contributed by atoms with Crippen molar-refractivity contribution in [2.75, 3.05) is 92.1 Å². The lowest BCUT2D eigenvalue weighted by Gasteiger charge is -2.20. The number of carbonyl (C=O) groups is 6. The molecule has 2 N–H and O–H groups in total. The summed E-state index contributed by atoms with van der Waals surface area (Å²) >= 11 is 0. The normalized spacial score (nSPS) is 10.7. The van der Waals surface area contributed by atoms with E-state index in [1.54, 1.807) is 16.7 Å². The van der Waals surface area contributed by atoms with E-state index in [1.165, 1.54) is 0 Å². The van der Waals surface area contributed by atoms with E-state index in [0.29, 0.717) is 0 Å². The number of hydrogen-bond donors (Lipinski definition) is 2. The van der Waals surface area contributed by atoms with Gasteiger partial charge < -0.3 is 38.6 Å². The van der Waals surface area contributed by atoms with Crippen molar-refractivity contribution in [3.8, 4) is 0 Å². The summed E-state index contributed by atoms with van der Waals surface area (Å²) in [6.07, 6.45) is 1.19. The summed E-state index contributed by atoms with van der Waals surface area (Å²) in [6, 6.07) is 0. The van der Waals surface area contributed by atoms with Gasteiger partial charge in [0.1, 0.15) is 39.6 Å². The van der Waals surface area contributed by atoms with Crippen LogP contribution in [0.25, 0.3) is 0 Å². The zero-order chi connectivity index (χ0) is 33.0. The first-order chi connectivity index (χ1) is 21.1. The number of rotatable bonds is 27. The second kappa shape index (κ2) is 27.0. The Hall–Kier alpha value is -3.60. The van der Waals surface area contributed by atoms with E-state index < -0.39 is 29.8 Å². The van der Waals surface area contributed by atoms with E-state index in [0.717, 1.165) is 6.08 Å². The molecule has 252 valence electrons. The number of carbonyl (C=O) groups excluding carboxylic acids is 6. The molecule has 0 unspecified atom stereocenters. The van der Waals surface area contributed by atoms with Crippen LogP contribution >= 0.6 is 0 Å². The first-order valence-electron chi connectivity index (χ1n) is 14.4. The second-order valence-corrected chi connectivity index (χ2v) is 8.96. The molecule has 0 heterocycles. The van der Waals surface area contributed by atoms with Crippen LogP contribution in [-0.2, 0) is 57.2 Å². The van der Waals surface area contributed by atoms with E-state index in [1.807, 2.05) is 0 Å². The average Bonchev–Trinajstić information content (AvgIpc) is 3.01. The van der Waals surface area contributed by atoms with Crippen LogP contribution in [0.1, 0.15) is 39.0 Å². The van der Waals surface area contributed by atoms with Crippen LogP contribution in [0.15, 0.2) is 12.7 Å². The summed E-state index contributed by atoms with van der Waals surface area (Å²) in [4.78, 5) is 73.1. The molecule has 0 spiro atoms. The minimum atomic E-state index is -0.624. The molecule has 0 rings (SSSR count). The van der Waals surface area contributed by atoms with Crippen molar-refractivity contribution in [2.24, 2.45) is 0 Å². The smallest absolute Gasteiger partial charge is 0.330 e. The van der Waals surface area contributed by atoms with Crippen molar-refractivity contribution in [3.05, 3.63) is 12.7 Å². The molecule has 0 atom stereocenters. The zero-order valence-corrected chi connectivity index (χ0v) is 25.4. The fourth-order valence-corrected chi connectivity index (χ4v) is 3.32. The molecule has 16 heteroatoms. The molecule has 0 aromatic carbocycles. The van der Waals surface area contributed by atoms with E-state index in [4.69, 9.17) is 28.4 Å². The van der Waals surface area contributed by atoms with Crippen LogP contribution in [0, 0.1) is 0 Å². The molecule has 0 fully saturated rings. The van der Waals surface area contributed by atoms with Crippen LogP contribution in [-0.4, -0.2) is 148 Å².